The summed E-state index contributed by atoms with van der Waals surface area (Å²) in [6.07, 6.45) is 1.72. The molecule has 21 heavy (non-hydrogen) atoms. The zero-order valence-electron chi connectivity index (χ0n) is 12.4. The molecule has 0 atom stereocenters. The van der Waals surface area contributed by atoms with Crippen molar-refractivity contribution >= 4 is 23.2 Å². The Morgan fingerprint density at radius 3 is 2.81 bits per heavy atom. The monoisotopic (exact) mass is 312 g/mol. The summed E-state index contributed by atoms with van der Waals surface area (Å²) in [5.41, 5.74) is 0.0217. The van der Waals surface area contributed by atoms with Gasteiger partial charge in [0.25, 0.3) is 0 Å². The van der Waals surface area contributed by atoms with Gasteiger partial charge in [0.2, 0.25) is 5.91 Å². The van der Waals surface area contributed by atoms with E-state index in [1.54, 1.807) is 25.3 Å². The molecule has 0 unspecified atom stereocenters. The summed E-state index contributed by atoms with van der Waals surface area (Å²) in [4.78, 5) is 13.9. The van der Waals surface area contributed by atoms with Gasteiger partial charge in [-0.05, 0) is 24.6 Å². The van der Waals surface area contributed by atoms with E-state index in [0.29, 0.717) is 29.5 Å². The number of carbonyl (C=O) groups is 1. The summed E-state index contributed by atoms with van der Waals surface area (Å²) in [5, 5.41) is 13.3. The van der Waals surface area contributed by atoms with E-state index >= 15 is 0 Å². The molecule has 1 aromatic carbocycles. The van der Waals surface area contributed by atoms with E-state index in [2.05, 4.69) is 5.32 Å². The first-order valence-corrected chi connectivity index (χ1v) is 7.42. The molecule has 1 heterocycles. The number of hydrogen-bond donors (Lipinski definition) is 2. The van der Waals surface area contributed by atoms with Crippen LogP contribution in [-0.2, 0) is 4.79 Å². The molecule has 2 N–H and O–H groups in total. The highest BCUT2D eigenvalue weighted by Crippen LogP contribution is 2.28. The summed E-state index contributed by atoms with van der Waals surface area (Å²) >= 11 is 6.01. The van der Waals surface area contributed by atoms with Gasteiger partial charge in [-0.1, -0.05) is 24.9 Å². The van der Waals surface area contributed by atoms with Crippen LogP contribution in [0.2, 0.25) is 5.02 Å². The number of methoxy groups -OCH3 is 1. The largest absolute Gasteiger partial charge is 0.495 e. The molecule has 5 nitrogen and oxygen atoms in total. The number of anilines is 1. The number of aliphatic hydroxyl groups is 1. The number of hydrogen-bond acceptors (Lipinski definition) is 4. The topological polar surface area (TPSA) is 61.8 Å². The van der Waals surface area contributed by atoms with E-state index in [1.165, 1.54) is 0 Å². The van der Waals surface area contributed by atoms with Gasteiger partial charge in [0, 0.05) is 18.8 Å². The van der Waals surface area contributed by atoms with Crippen molar-refractivity contribution in [3.05, 3.63) is 23.2 Å². The van der Waals surface area contributed by atoms with Crippen molar-refractivity contribution in [3.63, 3.8) is 0 Å². The Morgan fingerprint density at radius 2 is 2.24 bits per heavy atom. The molecule has 1 fully saturated rings. The number of benzene rings is 1. The standard InChI is InChI=1S/C15H21ClN2O3/c1-3-6-15(20)9-18(10-15)8-14(19)17-11-4-5-13(21-2)12(16)7-11/h4-5,7,20H,3,6,8-10H2,1-2H3,(H,17,19). The van der Waals surface area contributed by atoms with Crippen LogP contribution in [0.3, 0.4) is 0 Å². The van der Waals surface area contributed by atoms with Gasteiger partial charge < -0.3 is 15.2 Å². The number of halogens is 1. The number of rotatable bonds is 6. The predicted molar refractivity (Wildman–Crippen MR) is 82.9 cm³/mol. The maximum absolute atomic E-state index is 11.9. The van der Waals surface area contributed by atoms with Crippen molar-refractivity contribution < 1.29 is 14.6 Å². The molecule has 116 valence electrons. The molecule has 0 spiro atoms. The molecular formula is C15H21ClN2O3. The van der Waals surface area contributed by atoms with E-state index in [0.717, 1.165) is 12.8 Å². The fourth-order valence-electron chi connectivity index (χ4n) is 2.67. The van der Waals surface area contributed by atoms with E-state index in [9.17, 15) is 9.90 Å². The van der Waals surface area contributed by atoms with Gasteiger partial charge in [0.1, 0.15) is 5.75 Å². The lowest BCUT2D eigenvalue weighted by Crippen LogP contribution is -2.62. The van der Waals surface area contributed by atoms with Crippen molar-refractivity contribution in [3.8, 4) is 5.75 Å². The second kappa shape index (κ2) is 6.64. The molecule has 0 saturated carbocycles. The first kappa shape index (κ1) is 16.1. The zero-order valence-corrected chi connectivity index (χ0v) is 13.1. The molecule has 6 heteroatoms. The molecular weight excluding hydrogens is 292 g/mol. The number of nitrogens with zero attached hydrogens (tertiary/aromatic N) is 1. The van der Waals surface area contributed by atoms with Crippen LogP contribution in [0.15, 0.2) is 18.2 Å². The van der Waals surface area contributed by atoms with E-state index in [1.807, 2.05) is 11.8 Å². The van der Waals surface area contributed by atoms with Gasteiger partial charge in [-0.25, -0.2) is 0 Å². The predicted octanol–water partition coefficient (Wildman–Crippen LogP) is 2.13. The van der Waals surface area contributed by atoms with Crippen molar-refractivity contribution in [1.82, 2.24) is 4.90 Å². The van der Waals surface area contributed by atoms with Crippen LogP contribution in [0, 0.1) is 0 Å². The Bertz CT molecular complexity index is 516. The summed E-state index contributed by atoms with van der Waals surface area (Å²) in [6.45, 7) is 3.42. The number of amides is 1. The maximum atomic E-state index is 11.9. The first-order chi connectivity index (χ1) is 9.95. The molecule has 0 bridgehead atoms. The van der Waals surface area contributed by atoms with Gasteiger partial charge in [-0.3, -0.25) is 9.69 Å². The third-order valence-corrected chi connectivity index (χ3v) is 3.85. The smallest absolute Gasteiger partial charge is 0.238 e. The van der Waals surface area contributed by atoms with E-state index < -0.39 is 5.60 Å². The molecule has 1 amide bonds. The van der Waals surface area contributed by atoms with Crippen molar-refractivity contribution in [1.29, 1.82) is 0 Å². The number of nitrogens with one attached hydrogen (secondary N) is 1. The lowest BCUT2D eigenvalue weighted by atomic mass is 9.89. The highest BCUT2D eigenvalue weighted by atomic mass is 35.5. The molecule has 2 rings (SSSR count). The maximum Gasteiger partial charge on any atom is 0.238 e. The van der Waals surface area contributed by atoms with Crippen LogP contribution in [0.1, 0.15) is 19.8 Å². The Balaban J connectivity index is 1.82. The van der Waals surface area contributed by atoms with Gasteiger partial charge in [-0.2, -0.15) is 0 Å². The average molecular weight is 313 g/mol. The van der Waals surface area contributed by atoms with Crippen molar-refractivity contribution in [2.45, 2.75) is 25.4 Å². The highest BCUT2D eigenvalue weighted by Gasteiger charge is 2.40. The minimum atomic E-state index is -0.613. The molecule has 1 saturated heterocycles. The van der Waals surface area contributed by atoms with Crippen LogP contribution in [-0.4, -0.2) is 48.3 Å². The van der Waals surface area contributed by atoms with E-state index in [4.69, 9.17) is 16.3 Å². The Morgan fingerprint density at radius 1 is 1.52 bits per heavy atom. The molecule has 1 aliphatic heterocycles. The minimum absolute atomic E-state index is 0.116. The van der Waals surface area contributed by atoms with Gasteiger partial charge >= 0.3 is 0 Å². The van der Waals surface area contributed by atoms with Crippen LogP contribution in [0.25, 0.3) is 0 Å². The molecule has 0 radical (unpaired) electrons. The van der Waals surface area contributed by atoms with Gasteiger partial charge in [0.05, 0.1) is 24.3 Å². The number of ether oxygens (including phenoxy) is 1. The van der Waals surface area contributed by atoms with Crippen molar-refractivity contribution in [2.24, 2.45) is 0 Å². The minimum Gasteiger partial charge on any atom is -0.495 e. The molecule has 1 aromatic rings. The van der Waals surface area contributed by atoms with Crippen molar-refractivity contribution in [2.75, 3.05) is 32.1 Å². The molecule has 0 aromatic heterocycles. The summed E-state index contributed by atoms with van der Waals surface area (Å²) in [6, 6.07) is 5.11. The fourth-order valence-corrected chi connectivity index (χ4v) is 2.93. The summed E-state index contributed by atoms with van der Waals surface area (Å²) in [5.74, 6) is 0.455. The average Bonchev–Trinajstić information content (AvgIpc) is 2.37. The third-order valence-electron chi connectivity index (χ3n) is 3.55. The molecule has 0 aliphatic carbocycles. The lowest BCUT2D eigenvalue weighted by molar-refractivity contribution is -0.129. The van der Waals surface area contributed by atoms with Crippen LogP contribution < -0.4 is 10.1 Å². The number of β-amino-alcohol motifs (C(OH)–C–C–N with tert-alkyl or cyclic N) is 1. The zero-order chi connectivity index (χ0) is 15.5. The highest BCUT2D eigenvalue weighted by molar-refractivity contribution is 6.32. The van der Waals surface area contributed by atoms with Gasteiger partial charge in [0.15, 0.2) is 0 Å². The Labute approximate surface area is 129 Å². The SMILES string of the molecule is CCCC1(O)CN(CC(=O)Nc2ccc(OC)c(Cl)c2)C1. The van der Waals surface area contributed by atoms with Gasteiger partial charge in [-0.15, -0.1) is 0 Å². The number of likely N-dealkylation sites (tertiary alicyclic amines) is 1. The summed E-state index contributed by atoms with van der Waals surface area (Å²) in [7, 11) is 1.54. The van der Waals surface area contributed by atoms with Crippen LogP contribution in [0.4, 0.5) is 5.69 Å². The normalized spacial score (nSPS) is 17.1. The Kier molecular flexibility index (Phi) is 5.08. The van der Waals surface area contributed by atoms with Crippen LogP contribution in [0.5, 0.6) is 5.75 Å². The lowest BCUT2D eigenvalue weighted by Gasteiger charge is -2.46. The quantitative estimate of drug-likeness (QED) is 0.845. The first-order valence-electron chi connectivity index (χ1n) is 7.04. The van der Waals surface area contributed by atoms with E-state index in [-0.39, 0.29) is 12.5 Å². The summed E-state index contributed by atoms with van der Waals surface area (Å²) < 4.78 is 5.06. The Hall–Kier alpha value is -1.30. The molecule has 1 aliphatic rings. The second-order valence-electron chi connectivity index (χ2n) is 5.52. The number of carbonyl (C=O) groups excluding carboxylic acids is 1. The fraction of sp³-hybridized carbons (Fsp3) is 0.533. The third kappa shape index (κ3) is 4.09. The van der Waals surface area contributed by atoms with Crippen LogP contribution >= 0.6 is 11.6 Å². The second-order valence-corrected chi connectivity index (χ2v) is 5.92.